The van der Waals surface area contributed by atoms with Crippen molar-refractivity contribution in [1.29, 1.82) is 0 Å². The first kappa shape index (κ1) is 17.8. The number of aromatic nitrogens is 5. The number of nitrogens with zero attached hydrogens (tertiary/aromatic N) is 5. The zero-order chi connectivity index (χ0) is 20.0. The maximum Gasteiger partial charge on any atom is 0.262 e. The first-order valence-corrected chi connectivity index (χ1v) is 9.66. The minimum Gasteiger partial charge on any atom is -0.497 e. The predicted octanol–water partition coefficient (Wildman–Crippen LogP) is 2.60. The lowest BCUT2D eigenvalue weighted by Gasteiger charge is -2.14. The molecule has 8 heteroatoms. The number of fused-ring (bicyclic) bond motifs is 2. The van der Waals surface area contributed by atoms with Crippen LogP contribution in [0.3, 0.4) is 0 Å². The van der Waals surface area contributed by atoms with E-state index >= 15 is 0 Å². The van der Waals surface area contributed by atoms with Gasteiger partial charge in [-0.1, -0.05) is 12.1 Å². The number of methoxy groups -OCH3 is 1. The molecule has 4 aromatic rings. The van der Waals surface area contributed by atoms with Crippen molar-refractivity contribution in [2.24, 2.45) is 0 Å². The number of hydrogen-bond donors (Lipinski definition) is 0. The smallest absolute Gasteiger partial charge is 0.262 e. The van der Waals surface area contributed by atoms with Gasteiger partial charge in [-0.25, -0.2) is 4.98 Å². The molecule has 0 unspecified atom stereocenters. The van der Waals surface area contributed by atoms with E-state index in [1.807, 2.05) is 37.3 Å². The monoisotopic (exact) mass is 391 g/mol. The van der Waals surface area contributed by atoms with Gasteiger partial charge in [0, 0.05) is 18.4 Å². The van der Waals surface area contributed by atoms with Crippen molar-refractivity contribution in [3.8, 4) is 17.0 Å². The van der Waals surface area contributed by atoms with Crippen LogP contribution in [0, 0.1) is 6.92 Å². The van der Waals surface area contributed by atoms with Crippen LogP contribution >= 0.6 is 0 Å². The molecule has 29 heavy (non-hydrogen) atoms. The van der Waals surface area contributed by atoms with Crippen molar-refractivity contribution >= 4 is 16.7 Å². The van der Waals surface area contributed by atoms with E-state index in [4.69, 9.17) is 9.47 Å². The van der Waals surface area contributed by atoms with E-state index < -0.39 is 0 Å². The Balaban J connectivity index is 1.81. The van der Waals surface area contributed by atoms with E-state index in [2.05, 4.69) is 15.1 Å². The number of aryl methyl sites for hydroxylation is 1. The number of pyridine rings is 1. The zero-order valence-corrected chi connectivity index (χ0v) is 16.3. The van der Waals surface area contributed by atoms with Gasteiger partial charge in [0.25, 0.3) is 11.3 Å². The fourth-order valence-electron chi connectivity index (χ4n) is 3.91. The summed E-state index contributed by atoms with van der Waals surface area (Å²) in [6, 6.07) is 9.45. The molecule has 0 radical (unpaired) electrons. The molecule has 0 aliphatic carbocycles. The van der Waals surface area contributed by atoms with Crippen LogP contribution in [-0.4, -0.2) is 44.0 Å². The number of benzene rings is 1. The molecule has 1 saturated heterocycles. The molecule has 5 rings (SSSR count). The summed E-state index contributed by atoms with van der Waals surface area (Å²) in [7, 11) is 1.62. The van der Waals surface area contributed by atoms with Crippen molar-refractivity contribution in [3.63, 3.8) is 0 Å². The Morgan fingerprint density at radius 2 is 2.17 bits per heavy atom. The Bertz CT molecular complexity index is 1270. The van der Waals surface area contributed by atoms with Gasteiger partial charge >= 0.3 is 0 Å². The van der Waals surface area contributed by atoms with Crippen LogP contribution in [0.1, 0.15) is 18.7 Å². The molecular formula is C21H21N5O3. The van der Waals surface area contributed by atoms with E-state index in [0.717, 1.165) is 25.0 Å². The SMILES string of the molecule is COc1cccc(-c2c3c(=O)n(C[C@H]4CCCO4)ccc3nc3nc(C)nn23)c1. The Morgan fingerprint density at radius 3 is 2.97 bits per heavy atom. The second-order valence-electron chi connectivity index (χ2n) is 7.23. The Kier molecular flexibility index (Phi) is 4.28. The van der Waals surface area contributed by atoms with Gasteiger partial charge in [-0.3, -0.25) is 4.79 Å². The Hall–Kier alpha value is -3.26. The summed E-state index contributed by atoms with van der Waals surface area (Å²) in [6.07, 6.45) is 3.85. The molecule has 1 aromatic carbocycles. The second kappa shape index (κ2) is 6.97. The standard InChI is InChI=1S/C21H21N5O3/c1-13-22-21-23-17-8-9-25(12-16-7-4-10-29-16)20(27)18(17)19(26(21)24-13)14-5-3-6-15(11-14)28-2/h3,5-6,8-9,11,16H,4,7,10,12H2,1-2H3/t16-/m1/s1. The first-order valence-electron chi connectivity index (χ1n) is 9.66. The Morgan fingerprint density at radius 1 is 1.28 bits per heavy atom. The second-order valence-corrected chi connectivity index (χ2v) is 7.23. The summed E-state index contributed by atoms with van der Waals surface area (Å²) in [5.41, 5.74) is 1.96. The maximum atomic E-state index is 13.5. The van der Waals surface area contributed by atoms with Crippen LogP contribution < -0.4 is 10.3 Å². The van der Waals surface area contributed by atoms with E-state index in [-0.39, 0.29) is 11.7 Å². The average molecular weight is 391 g/mol. The topological polar surface area (TPSA) is 83.5 Å². The van der Waals surface area contributed by atoms with Crippen LogP contribution in [0.15, 0.2) is 41.3 Å². The average Bonchev–Trinajstić information content (AvgIpc) is 3.37. The van der Waals surface area contributed by atoms with E-state index in [1.54, 1.807) is 22.4 Å². The molecule has 0 amide bonds. The zero-order valence-electron chi connectivity index (χ0n) is 16.3. The lowest BCUT2D eigenvalue weighted by atomic mass is 10.1. The molecule has 1 aliphatic rings. The summed E-state index contributed by atoms with van der Waals surface area (Å²) in [5, 5.41) is 5.01. The summed E-state index contributed by atoms with van der Waals surface area (Å²) in [5.74, 6) is 1.76. The third-order valence-electron chi connectivity index (χ3n) is 5.28. The highest BCUT2D eigenvalue weighted by Gasteiger charge is 2.21. The molecule has 0 saturated carbocycles. The lowest BCUT2D eigenvalue weighted by Crippen LogP contribution is -2.27. The predicted molar refractivity (Wildman–Crippen MR) is 108 cm³/mol. The van der Waals surface area contributed by atoms with E-state index in [0.29, 0.717) is 40.5 Å². The first-order chi connectivity index (χ1) is 14.1. The quantitative estimate of drug-likeness (QED) is 0.532. The van der Waals surface area contributed by atoms with Gasteiger partial charge in [-0.05, 0) is 38.0 Å². The van der Waals surface area contributed by atoms with E-state index in [1.165, 1.54) is 0 Å². The maximum absolute atomic E-state index is 13.5. The van der Waals surface area contributed by atoms with Gasteiger partial charge in [0.05, 0.1) is 36.4 Å². The van der Waals surface area contributed by atoms with Crippen molar-refractivity contribution in [2.75, 3.05) is 13.7 Å². The van der Waals surface area contributed by atoms with Crippen LogP contribution in [0.25, 0.3) is 27.9 Å². The summed E-state index contributed by atoms with van der Waals surface area (Å²) in [4.78, 5) is 22.5. The van der Waals surface area contributed by atoms with Crippen LogP contribution in [0.5, 0.6) is 5.75 Å². The highest BCUT2D eigenvalue weighted by atomic mass is 16.5. The van der Waals surface area contributed by atoms with Gasteiger partial charge in [0.1, 0.15) is 11.6 Å². The molecule has 0 N–H and O–H groups in total. The van der Waals surface area contributed by atoms with Crippen LogP contribution in [-0.2, 0) is 11.3 Å². The number of hydrogen-bond acceptors (Lipinski definition) is 6. The summed E-state index contributed by atoms with van der Waals surface area (Å²) in [6.45, 7) is 3.09. The molecule has 0 spiro atoms. The summed E-state index contributed by atoms with van der Waals surface area (Å²) < 4.78 is 14.5. The van der Waals surface area contributed by atoms with Gasteiger partial charge in [-0.15, -0.1) is 5.10 Å². The fraction of sp³-hybridized carbons (Fsp3) is 0.333. The molecule has 1 aliphatic heterocycles. The van der Waals surface area contributed by atoms with Gasteiger partial charge in [-0.2, -0.15) is 9.50 Å². The third-order valence-corrected chi connectivity index (χ3v) is 5.28. The van der Waals surface area contributed by atoms with Gasteiger partial charge in [0.2, 0.25) is 0 Å². The molecular weight excluding hydrogens is 370 g/mol. The molecule has 4 heterocycles. The number of rotatable bonds is 4. The number of ether oxygens (including phenoxy) is 2. The van der Waals surface area contributed by atoms with E-state index in [9.17, 15) is 4.79 Å². The highest BCUT2D eigenvalue weighted by molar-refractivity contribution is 5.93. The molecule has 1 fully saturated rings. The van der Waals surface area contributed by atoms with Crippen molar-refractivity contribution < 1.29 is 9.47 Å². The highest BCUT2D eigenvalue weighted by Crippen LogP contribution is 2.29. The third kappa shape index (κ3) is 3.05. The largest absolute Gasteiger partial charge is 0.497 e. The van der Waals surface area contributed by atoms with Gasteiger partial charge in [0.15, 0.2) is 0 Å². The van der Waals surface area contributed by atoms with Crippen molar-refractivity contribution in [1.82, 2.24) is 24.1 Å². The van der Waals surface area contributed by atoms with Crippen LogP contribution in [0.2, 0.25) is 0 Å². The fourth-order valence-corrected chi connectivity index (χ4v) is 3.91. The van der Waals surface area contributed by atoms with Crippen molar-refractivity contribution in [3.05, 3.63) is 52.7 Å². The van der Waals surface area contributed by atoms with Gasteiger partial charge < -0.3 is 14.0 Å². The molecule has 3 aromatic heterocycles. The minimum absolute atomic E-state index is 0.0655. The van der Waals surface area contributed by atoms with Crippen LogP contribution in [0.4, 0.5) is 0 Å². The van der Waals surface area contributed by atoms with Crippen molar-refractivity contribution in [2.45, 2.75) is 32.4 Å². The molecule has 0 bridgehead atoms. The minimum atomic E-state index is -0.113. The molecule has 1 atom stereocenters. The lowest BCUT2D eigenvalue weighted by molar-refractivity contribution is 0.0963. The molecule has 8 nitrogen and oxygen atoms in total. The Labute approximate surface area is 166 Å². The molecule has 148 valence electrons. The summed E-state index contributed by atoms with van der Waals surface area (Å²) >= 11 is 0. The normalized spacial score (nSPS) is 16.7.